The van der Waals surface area contributed by atoms with E-state index in [0.29, 0.717) is 17.0 Å². The minimum atomic E-state index is -0.900. The highest BCUT2D eigenvalue weighted by molar-refractivity contribution is 6.01. The molecular weight excluding hydrogens is 414 g/mol. The van der Waals surface area contributed by atoms with Gasteiger partial charge in [-0.2, -0.15) is 0 Å². The van der Waals surface area contributed by atoms with Gasteiger partial charge in [-0.05, 0) is 23.8 Å². The quantitative estimate of drug-likeness (QED) is 0.519. The van der Waals surface area contributed by atoms with E-state index >= 15 is 0 Å². The molecule has 2 N–H and O–H groups in total. The third-order valence-corrected chi connectivity index (χ3v) is 4.58. The van der Waals surface area contributed by atoms with E-state index < -0.39 is 30.5 Å². The molecule has 1 heterocycles. The molecule has 0 saturated carbocycles. The van der Waals surface area contributed by atoms with Crippen LogP contribution >= 0.6 is 0 Å². The average molecular weight is 437 g/mol. The highest BCUT2D eigenvalue weighted by atomic mass is 16.5. The van der Waals surface area contributed by atoms with Gasteiger partial charge in [-0.1, -0.05) is 42.5 Å². The number of fused-ring (bicyclic) bond motifs is 1. The van der Waals surface area contributed by atoms with Gasteiger partial charge in [0.15, 0.2) is 12.7 Å². The highest BCUT2D eigenvalue weighted by Crippen LogP contribution is 2.33. The zero-order chi connectivity index (χ0) is 23.1. The Balaban J connectivity index is 1.74. The maximum Gasteiger partial charge on any atom is 0.355 e. The van der Waals surface area contributed by atoms with E-state index in [1.807, 2.05) is 6.07 Å². The van der Waals surface area contributed by atoms with Gasteiger partial charge < -0.3 is 25.0 Å². The number of amides is 3. The summed E-state index contributed by atoms with van der Waals surface area (Å²) in [5.74, 6) is -1.86. The van der Waals surface area contributed by atoms with Crippen molar-refractivity contribution in [2.45, 2.75) is 13.0 Å². The number of anilines is 1. The molecule has 9 nitrogen and oxygen atoms in total. The molecule has 1 atom stereocenters. The number of benzene rings is 2. The molecule has 3 amide bonds. The summed E-state index contributed by atoms with van der Waals surface area (Å²) in [4.78, 5) is 50.4. The fourth-order valence-electron chi connectivity index (χ4n) is 3.10. The maximum absolute atomic E-state index is 12.9. The summed E-state index contributed by atoms with van der Waals surface area (Å²) in [5.41, 5.74) is 1.05. The maximum atomic E-state index is 12.9. The largest absolute Gasteiger partial charge is 0.477 e. The standard InChI is InChI=1S/C23H23N3O6/c1-15(27)25-17(12-16-8-4-3-5-9-16)23(30)31-14-21(28)26-13-20(22(29)24-2)32-19-11-7-6-10-18(19)26/h3-12,20H,13-14H2,1-2H3,(H,24,29)(H,25,27)/b17-12-. The third kappa shape index (κ3) is 5.51. The molecule has 166 valence electrons. The van der Waals surface area contributed by atoms with Crippen molar-refractivity contribution in [3.8, 4) is 5.75 Å². The molecule has 0 fully saturated rings. The molecule has 0 spiro atoms. The zero-order valence-corrected chi connectivity index (χ0v) is 17.7. The lowest BCUT2D eigenvalue weighted by Gasteiger charge is -2.33. The van der Waals surface area contributed by atoms with E-state index in [1.165, 1.54) is 24.9 Å². The van der Waals surface area contributed by atoms with Crippen LogP contribution in [-0.4, -0.2) is 50.0 Å². The number of ether oxygens (including phenoxy) is 2. The Morgan fingerprint density at radius 3 is 2.47 bits per heavy atom. The van der Waals surface area contributed by atoms with Crippen molar-refractivity contribution in [1.82, 2.24) is 10.6 Å². The minimum absolute atomic E-state index is 0.0362. The van der Waals surface area contributed by atoms with Crippen LogP contribution in [0, 0.1) is 0 Å². The van der Waals surface area contributed by atoms with Crippen LogP contribution in [-0.2, 0) is 23.9 Å². The smallest absolute Gasteiger partial charge is 0.355 e. The van der Waals surface area contributed by atoms with Crippen LogP contribution < -0.4 is 20.3 Å². The molecule has 0 saturated heterocycles. The summed E-state index contributed by atoms with van der Waals surface area (Å²) >= 11 is 0. The molecule has 1 aliphatic rings. The zero-order valence-electron chi connectivity index (χ0n) is 17.7. The molecule has 1 aliphatic heterocycles. The minimum Gasteiger partial charge on any atom is -0.477 e. The molecule has 32 heavy (non-hydrogen) atoms. The number of para-hydroxylation sites is 2. The topological polar surface area (TPSA) is 114 Å². The molecule has 0 aromatic heterocycles. The second kappa shape index (κ2) is 10.3. The van der Waals surface area contributed by atoms with Gasteiger partial charge in [0, 0.05) is 14.0 Å². The van der Waals surface area contributed by atoms with Crippen LogP contribution in [0.15, 0.2) is 60.3 Å². The van der Waals surface area contributed by atoms with E-state index in [0.717, 1.165) is 0 Å². The predicted octanol–water partition coefficient (Wildman–Crippen LogP) is 1.25. The molecule has 1 unspecified atom stereocenters. The number of hydrogen-bond acceptors (Lipinski definition) is 6. The number of hydrogen-bond donors (Lipinski definition) is 2. The summed E-state index contributed by atoms with van der Waals surface area (Å²) in [5, 5.41) is 4.92. The number of rotatable bonds is 6. The summed E-state index contributed by atoms with van der Waals surface area (Å²) in [6.07, 6.45) is 0.558. The van der Waals surface area contributed by atoms with Crippen LogP contribution in [0.25, 0.3) is 6.08 Å². The van der Waals surface area contributed by atoms with Gasteiger partial charge >= 0.3 is 5.97 Å². The van der Waals surface area contributed by atoms with Crippen LogP contribution in [0.4, 0.5) is 5.69 Å². The van der Waals surface area contributed by atoms with E-state index in [1.54, 1.807) is 48.5 Å². The van der Waals surface area contributed by atoms with E-state index in [4.69, 9.17) is 9.47 Å². The number of carbonyl (C=O) groups is 4. The number of likely N-dealkylation sites (N-methyl/N-ethyl adjacent to an activating group) is 1. The average Bonchev–Trinajstić information content (AvgIpc) is 2.81. The highest BCUT2D eigenvalue weighted by Gasteiger charge is 2.33. The third-order valence-electron chi connectivity index (χ3n) is 4.58. The molecule has 3 rings (SSSR count). The summed E-state index contributed by atoms with van der Waals surface area (Å²) in [6.45, 7) is 0.645. The Labute approximate surface area is 185 Å². The van der Waals surface area contributed by atoms with Gasteiger partial charge in [-0.25, -0.2) is 4.79 Å². The lowest BCUT2D eigenvalue weighted by molar-refractivity contribution is -0.145. The number of nitrogens with zero attached hydrogens (tertiary/aromatic N) is 1. The van der Waals surface area contributed by atoms with E-state index in [-0.39, 0.29) is 18.1 Å². The molecule has 9 heteroatoms. The van der Waals surface area contributed by atoms with Gasteiger partial charge in [0.2, 0.25) is 5.91 Å². The van der Waals surface area contributed by atoms with Crippen molar-refractivity contribution >= 4 is 35.5 Å². The monoisotopic (exact) mass is 437 g/mol. The van der Waals surface area contributed by atoms with Crippen molar-refractivity contribution < 1.29 is 28.7 Å². The SMILES string of the molecule is CNC(=O)C1CN(C(=O)COC(=O)/C(=C/c2ccccc2)NC(C)=O)c2ccccc2O1. The molecule has 0 bridgehead atoms. The van der Waals surface area contributed by atoms with Crippen molar-refractivity contribution in [3.63, 3.8) is 0 Å². The lowest BCUT2D eigenvalue weighted by Crippen LogP contribution is -2.51. The van der Waals surface area contributed by atoms with E-state index in [2.05, 4.69) is 10.6 Å². The molecule has 2 aromatic carbocycles. The first-order valence-corrected chi connectivity index (χ1v) is 9.88. The second-order valence-electron chi connectivity index (χ2n) is 6.92. The van der Waals surface area contributed by atoms with Crippen LogP contribution in [0.1, 0.15) is 12.5 Å². The number of carbonyl (C=O) groups excluding carboxylic acids is 4. The fraction of sp³-hybridized carbons (Fsp3) is 0.217. The lowest BCUT2D eigenvalue weighted by atomic mass is 10.1. The van der Waals surface area contributed by atoms with Crippen molar-refractivity contribution in [2.75, 3.05) is 25.1 Å². The molecule has 0 radical (unpaired) electrons. The Bertz CT molecular complexity index is 1050. The normalized spacial score (nSPS) is 15.1. The van der Waals surface area contributed by atoms with E-state index in [9.17, 15) is 19.2 Å². The number of esters is 1. The van der Waals surface area contributed by atoms with Crippen LogP contribution in [0.2, 0.25) is 0 Å². The van der Waals surface area contributed by atoms with Crippen molar-refractivity contribution in [1.29, 1.82) is 0 Å². The molecular formula is C23H23N3O6. The predicted molar refractivity (Wildman–Crippen MR) is 116 cm³/mol. The van der Waals surface area contributed by atoms with Gasteiger partial charge in [0.25, 0.3) is 11.8 Å². The van der Waals surface area contributed by atoms with Crippen molar-refractivity contribution in [3.05, 3.63) is 65.9 Å². The first-order chi connectivity index (χ1) is 15.4. The molecule has 0 aliphatic carbocycles. The van der Waals surface area contributed by atoms with Crippen LogP contribution in [0.5, 0.6) is 5.75 Å². The first kappa shape index (κ1) is 22.5. The Hall–Kier alpha value is -4.14. The van der Waals surface area contributed by atoms with Gasteiger partial charge in [0.1, 0.15) is 11.4 Å². The summed E-state index contributed by atoms with van der Waals surface area (Å²) < 4.78 is 10.8. The summed E-state index contributed by atoms with van der Waals surface area (Å²) in [6, 6.07) is 15.7. The van der Waals surface area contributed by atoms with Gasteiger partial charge in [-0.15, -0.1) is 0 Å². The van der Waals surface area contributed by atoms with Crippen molar-refractivity contribution in [2.24, 2.45) is 0 Å². The van der Waals surface area contributed by atoms with Gasteiger partial charge in [0.05, 0.1) is 12.2 Å². The first-order valence-electron chi connectivity index (χ1n) is 9.88. The number of nitrogens with one attached hydrogen (secondary N) is 2. The fourth-order valence-corrected chi connectivity index (χ4v) is 3.10. The molecule has 2 aromatic rings. The Kier molecular flexibility index (Phi) is 7.22. The second-order valence-corrected chi connectivity index (χ2v) is 6.92. The van der Waals surface area contributed by atoms with Gasteiger partial charge in [-0.3, -0.25) is 14.4 Å². The Morgan fingerprint density at radius 2 is 1.78 bits per heavy atom. The van der Waals surface area contributed by atoms with Crippen LogP contribution in [0.3, 0.4) is 0 Å². The summed E-state index contributed by atoms with van der Waals surface area (Å²) in [7, 11) is 1.47. The Morgan fingerprint density at radius 1 is 1.09 bits per heavy atom.